The van der Waals surface area contributed by atoms with Gasteiger partial charge in [-0.1, -0.05) is 25.5 Å². The van der Waals surface area contributed by atoms with E-state index in [9.17, 15) is 17.2 Å². The third-order valence-electron chi connectivity index (χ3n) is 3.93. The van der Waals surface area contributed by atoms with Gasteiger partial charge >= 0.3 is 0 Å². The van der Waals surface area contributed by atoms with E-state index in [-0.39, 0.29) is 11.3 Å². The molecule has 118 valence electrons. The number of hydrogen-bond acceptors (Lipinski definition) is 3. The van der Waals surface area contributed by atoms with E-state index < -0.39 is 32.8 Å². The van der Waals surface area contributed by atoms with E-state index in [0.29, 0.717) is 19.4 Å². The van der Waals surface area contributed by atoms with Crippen LogP contribution in [-0.2, 0) is 9.84 Å². The van der Waals surface area contributed by atoms with E-state index in [0.717, 1.165) is 18.9 Å². The first-order valence-corrected chi connectivity index (χ1v) is 9.07. The van der Waals surface area contributed by atoms with Gasteiger partial charge in [-0.15, -0.1) is 0 Å². The van der Waals surface area contributed by atoms with Gasteiger partial charge in [-0.2, -0.15) is 0 Å². The summed E-state index contributed by atoms with van der Waals surface area (Å²) in [5.41, 5.74) is 0.110. The molecule has 0 spiro atoms. The summed E-state index contributed by atoms with van der Waals surface area (Å²) < 4.78 is 52.1. The Bertz CT molecular complexity index is 589. The van der Waals surface area contributed by atoms with E-state index in [4.69, 9.17) is 0 Å². The van der Waals surface area contributed by atoms with Gasteiger partial charge in [0.05, 0.1) is 17.0 Å². The minimum absolute atomic E-state index is 0.110. The quantitative estimate of drug-likeness (QED) is 0.908. The van der Waals surface area contributed by atoms with Crippen molar-refractivity contribution >= 4 is 9.84 Å². The highest BCUT2D eigenvalue weighted by Crippen LogP contribution is 2.32. The Hall–Kier alpha value is -1.01. The van der Waals surface area contributed by atoms with Gasteiger partial charge < -0.3 is 5.32 Å². The Labute approximate surface area is 124 Å². The maximum Gasteiger partial charge on any atom is 0.163 e. The van der Waals surface area contributed by atoms with Crippen LogP contribution in [0.25, 0.3) is 0 Å². The zero-order valence-corrected chi connectivity index (χ0v) is 12.9. The lowest BCUT2D eigenvalue weighted by molar-refractivity contribution is 0.420. The standard InChI is InChI=1S/C15H21F2NO2S/c1-2-9-18-15(11-6-5-7-12(16)14(11)17)13-8-3-4-10-21(13,19)20/h5-7,13,15,18H,2-4,8-10H2,1H3. The molecule has 1 saturated heterocycles. The van der Waals surface area contributed by atoms with Gasteiger partial charge in [0.25, 0.3) is 0 Å². The lowest BCUT2D eigenvalue weighted by Gasteiger charge is -2.31. The minimum atomic E-state index is -3.28. The van der Waals surface area contributed by atoms with Crippen molar-refractivity contribution < 1.29 is 17.2 Å². The zero-order valence-electron chi connectivity index (χ0n) is 12.1. The van der Waals surface area contributed by atoms with Crippen LogP contribution in [0.2, 0.25) is 0 Å². The van der Waals surface area contributed by atoms with Gasteiger partial charge in [0, 0.05) is 5.56 Å². The molecule has 1 aliphatic heterocycles. The molecule has 3 nitrogen and oxygen atoms in total. The zero-order chi connectivity index (χ0) is 15.5. The third kappa shape index (κ3) is 3.61. The summed E-state index contributed by atoms with van der Waals surface area (Å²) in [6.07, 6.45) is 2.72. The van der Waals surface area contributed by atoms with Crippen LogP contribution < -0.4 is 5.32 Å². The van der Waals surface area contributed by atoms with E-state index in [2.05, 4.69) is 5.32 Å². The molecule has 0 aromatic heterocycles. The molecule has 21 heavy (non-hydrogen) atoms. The van der Waals surface area contributed by atoms with E-state index >= 15 is 0 Å². The molecule has 1 aromatic carbocycles. The van der Waals surface area contributed by atoms with Crippen LogP contribution in [0.1, 0.15) is 44.2 Å². The first kappa shape index (κ1) is 16.4. The number of benzene rings is 1. The molecule has 0 aliphatic carbocycles. The lowest BCUT2D eigenvalue weighted by Crippen LogP contribution is -2.41. The molecule has 1 aliphatic rings. The summed E-state index contributed by atoms with van der Waals surface area (Å²) in [6, 6.07) is 3.25. The smallest absolute Gasteiger partial charge is 0.163 e. The molecular weight excluding hydrogens is 296 g/mol. The molecule has 2 unspecified atom stereocenters. The molecule has 1 fully saturated rings. The Morgan fingerprint density at radius 1 is 1.33 bits per heavy atom. The molecule has 0 saturated carbocycles. The highest BCUT2D eigenvalue weighted by Gasteiger charge is 2.37. The molecule has 2 atom stereocenters. The fourth-order valence-corrected chi connectivity index (χ4v) is 4.95. The molecule has 6 heteroatoms. The average Bonchev–Trinajstić information content (AvgIpc) is 2.44. The van der Waals surface area contributed by atoms with Crippen LogP contribution >= 0.6 is 0 Å². The highest BCUT2D eigenvalue weighted by atomic mass is 32.2. The van der Waals surface area contributed by atoms with Crippen LogP contribution in [0.15, 0.2) is 18.2 Å². The predicted molar refractivity (Wildman–Crippen MR) is 78.8 cm³/mol. The Balaban J connectivity index is 2.40. The minimum Gasteiger partial charge on any atom is -0.309 e. The summed E-state index contributed by atoms with van der Waals surface area (Å²) >= 11 is 0. The maximum absolute atomic E-state index is 14.1. The number of sulfone groups is 1. The molecule has 1 heterocycles. The van der Waals surface area contributed by atoms with E-state index in [1.807, 2.05) is 6.92 Å². The van der Waals surface area contributed by atoms with Crippen molar-refractivity contribution in [1.82, 2.24) is 5.32 Å². The fourth-order valence-electron chi connectivity index (χ4n) is 2.86. The second-order valence-electron chi connectivity index (χ2n) is 5.48. The largest absolute Gasteiger partial charge is 0.309 e. The number of rotatable bonds is 5. The van der Waals surface area contributed by atoms with Crippen LogP contribution in [0.4, 0.5) is 8.78 Å². The fraction of sp³-hybridized carbons (Fsp3) is 0.600. The molecule has 0 radical (unpaired) electrons. The van der Waals surface area contributed by atoms with E-state index in [1.54, 1.807) is 0 Å². The molecular formula is C15H21F2NO2S. The average molecular weight is 317 g/mol. The monoisotopic (exact) mass is 317 g/mol. The topological polar surface area (TPSA) is 46.2 Å². The molecule has 0 bridgehead atoms. The van der Waals surface area contributed by atoms with Crippen molar-refractivity contribution in [2.45, 2.75) is 43.9 Å². The lowest BCUT2D eigenvalue weighted by atomic mass is 9.98. The van der Waals surface area contributed by atoms with Gasteiger partial charge in [-0.25, -0.2) is 17.2 Å². The number of nitrogens with one attached hydrogen (secondary N) is 1. The van der Waals surface area contributed by atoms with Crippen molar-refractivity contribution in [2.24, 2.45) is 0 Å². The number of halogens is 2. The summed E-state index contributed by atoms with van der Waals surface area (Å²) in [5.74, 6) is -1.77. The normalized spacial score (nSPS) is 22.9. The molecule has 1 N–H and O–H groups in total. The Kier molecular flexibility index (Phi) is 5.32. The predicted octanol–water partition coefficient (Wildman–Crippen LogP) is 2.97. The SMILES string of the molecule is CCCNC(c1cccc(F)c1F)C1CCCCS1(=O)=O. The summed E-state index contributed by atoms with van der Waals surface area (Å²) in [5, 5.41) is 2.41. The summed E-state index contributed by atoms with van der Waals surface area (Å²) in [4.78, 5) is 0. The maximum atomic E-state index is 14.1. The summed E-state index contributed by atoms with van der Waals surface area (Å²) in [7, 11) is -3.28. The van der Waals surface area contributed by atoms with Crippen molar-refractivity contribution in [3.8, 4) is 0 Å². The molecule has 1 aromatic rings. The van der Waals surface area contributed by atoms with Gasteiger partial charge in [-0.3, -0.25) is 0 Å². The van der Waals surface area contributed by atoms with Crippen molar-refractivity contribution in [2.75, 3.05) is 12.3 Å². The second-order valence-corrected chi connectivity index (χ2v) is 7.82. The van der Waals surface area contributed by atoms with Crippen molar-refractivity contribution in [3.05, 3.63) is 35.4 Å². The number of hydrogen-bond donors (Lipinski definition) is 1. The van der Waals surface area contributed by atoms with Crippen LogP contribution in [0.3, 0.4) is 0 Å². The van der Waals surface area contributed by atoms with Gasteiger partial charge in [0.2, 0.25) is 0 Å². The first-order valence-electron chi connectivity index (χ1n) is 7.36. The molecule has 0 amide bonds. The van der Waals surface area contributed by atoms with Crippen LogP contribution in [-0.4, -0.2) is 26.0 Å². The Morgan fingerprint density at radius 3 is 2.76 bits per heavy atom. The third-order valence-corrected chi connectivity index (χ3v) is 6.22. The van der Waals surface area contributed by atoms with Gasteiger partial charge in [0.1, 0.15) is 0 Å². The molecule has 2 rings (SSSR count). The first-order chi connectivity index (χ1) is 9.97. The highest BCUT2D eigenvalue weighted by molar-refractivity contribution is 7.92. The van der Waals surface area contributed by atoms with Crippen molar-refractivity contribution in [1.29, 1.82) is 0 Å². The van der Waals surface area contributed by atoms with Crippen molar-refractivity contribution in [3.63, 3.8) is 0 Å². The summed E-state index contributed by atoms with van der Waals surface area (Å²) in [6.45, 7) is 2.51. The van der Waals surface area contributed by atoms with Crippen LogP contribution in [0, 0.1) is 11.6 Å². The van der Waals surface area contributed by atoms with Gasteiger partial charge in [-0.05, 0) is 31.9 Å². The van der Waals surface area contributed by atoms with E-state index in [1.165, 1.54) is 12.1 Å². The van der Waals surface area contributed by atoms with Gasteiger partial charge in [0.15, 0.2) is 21.5 Å². The van der Waals surface area contributed by atoms with Crippen LogP contribution in [0.5, 0.6) is 0 Å². The Morgan fingerprint density at radius 2 is 2.10 bits per heavy atom. The second kappa shape index (κ2) is 6.83.